The number of rotatable bonds is 7. The third kappa shape index (κ3) is 5.17. The van der Waals surface area contributed by atoms with Gasteiger partial charge < -0.3 is 5.11 Å². The Morgan fingerprint density at radius 3 is 2.37 bits per heavy atom. The highest BCUT2D eigenvalue weighted by Gasteiger charge is 2.48. The van der Waals surface area contributed by atoms with Gasteiger partial charge >= 0.3 is 12.1 Å². The fourth-order valence-electron chi connectivity index (χ4n) is 3.69. The number of aliphatic carboxylic acids is 1. The van der Waals surface area contributed by atoms with Crippen LogP contribution in [0, 0.1) is 11.7 Å². The van der Waals surface area contributed by atoms with Gasteiger partial charge in [-0.3, -0.25) is 9.80 Å². The van der Waals surface area contributed by atoms with E-state index in [0.29, 0.717) is 12.1 Å². The molecule has 30 heavy (non-hydrogen) atoms. The summed E-state index contributed by atoms with van der Waals surface area (Å²) < 4.78 is 53.0. The first-order chi connectivity index (χ1) is 14.1. The number of nitrogens with zero attached hydrogens (tertiary/aromatic N) is 2. The molecule has 0 radical (unpaired) electrons. The summed E-state index contributed by atoms with van der Waals surface area (Å²) in [5.41, 5.74) is 1.34. The maximum atomic E-state index is 13.3. The summed E-state index contributed by atoms with van der Waals surface area (Å²) in [7, 11) is 0. The predicted molar refractivity (Wildman–Crippen MR) is 106 cm³/mol. The minimum atomic E-state index is -4.61. The second kappa shape index (κ2) is 8.85. The number of halogens is 4. The molecule has 2 unspecified atom stereocenters. The van der Waals surface area contributed by atoms with Crippen LogP contribution in [-0.2, 0) is 17.6 Å². The topological polar surface area (TPSA) is 52.9 Å². The van der Waals surface area contributed by atoms with Crippen molar-refractivity contribution >= 4 is 17.4 Å². The second-order valence-corrected chi connectivity index (χ2v) is 7.43. The number of hydrazone groups is 1. The molecule has 0 bridgehead atoms. The molecule has 1 N–H and O–H groups in total. The van der Waals surface area contributed by atoms with Crippen LogP contribution >= 0.6 is 0 Å². The molecule has 0 aromatic heterocycles. The van der Waals surface area contributed by atoms with Gasteiger partial charge in [0, 0.05) is 5.92 Å². The molecule has 1 aliphatic rings. The molecule has 0 saturated heterocycles. The van der Waals surface area contributed by atoms with Crippen LogP contribution < -0.4 is 5.01 Å². The Balaban J connectivity index is 1.70. The van der Waals surface area contributed by atoms with Gasteiger partial charge in [-0.15, -0.1) is 0 Å². The molecule has 160 valence electrons. The van der Waals surface area contributed by atoms with Crippen molar-refractivity contribution in [3.8, 4) is 0 Å². The number of anilines is 1. The van der Waals surface area contributed by atoms with Crippen molar-refractivity contribution in [1.82, 2.24) is 0 Å². The molecule has 0 fully saturated rings. The zero-order valence-electron chi connectivity index (χ0n) is 16.4. The van der Waals surface area contributed by atoms with Gasteiger partial charge in [0.1, 0.15) is 11.5 Å². The Kier molecular flexibility index (Phi) is 6.43. The maximum Gasteiger partial charge on any atom is 0.431 e. The highest BCUT2D eigenvalue weighted by atomic mass is 19.4. The van der Waals surface area contributed by atoms with Crippen LogP contribution in [-0.4, -0.2) is 29.0 Å². The van der Waals surface area contributed by atoms with Crippen LogP contribution in [0.5, 0.6) is 0 Å². The number of carboxylic acid groups (broad SMARTS) is 1. The molecule has 0 saturated carbocycles. The quantitative estimate of drug-likeness (QED) is 0.623. The average molecular weight is 422 g/mol. The largest absolute Gasteiger partial charge is 0.481 e. The Bertz CT molecular complexity index is 925. The maximum absolute atomic E-state index is 13.3. The Labute approximate surface area is 171 Å². The van der Waals surface area contributed by atoms with Crippen LogP contribution in [0.3, 0.4) is 0 Å². The third-order valence-corrected chi connectivity index (χ3v) is 5.23. The van der Waals surface area contributed by atoms with Crippen LogP contribution in [0.2, 0.25) is 0 Å². The molecule has 0 aliphatic carbocycles. The molecule has 2 aromatic carbocycles. The van der Waals surface area contributed by atoms with Crippen molar-refractivity contribution in [1.29, 1.82) is 0 Å². The van der Waals surface area contributed by atoms with E-state index in [1.807, 2.05) is 6.07 Å². The van der Waals surface area contributed by atoms with E-state index in [1.54, 1.807) is 30.3 Å². The Morgan fingerprint density at radius 1 is 1.10 bits per heavy atom. The fraction of sp³-hybridized carbons (Fsp3) is 0.364. The highest BCUT2D eigenvalue weighted by molar-refractivity contribution is 5.95. The zero-order valence-corrected chi connectivity index (χ0v) is 16.4. The molecule has 3 rings (SSSR count). The van der Waals surface area contributed by atoms with Gasteiger partial charge in [-0.2, -0.15) is 18.3 Å². The summed E-state index contributed by atoms with van der Waals surface area (Å²) in [4.78, 5) is 11.2. The number of hydrogen-bond acceptors (Lipinski definition) is 3. The van der Waals surface area contributed by atoms with E-state index in [-0.39, 0.29) is 5.82 Å². The lowest BCUT2D eigenvalue weighted by molar-refractivity contribution is -0.137. The van der Waals surface area contributed by atoms with Gasteiger partial charge in [0.25, 0.3) is 0 Å². The van der Waals surface area contributed by atoms with Gasteiger partial charge in [-0.05, 0) is 54.7 Å². The summed E-state index contributed by atoms with van der Waals surface area (Å²) in [6.45, 7) is 1.35. The number of hydrogen-bond donors (Lipinski definition) is 1. The molecule has 0 spiro atoms. The van der Waals surface area contributed by atoms with Crippen LogP contribution in [0.15, 0.2) is 53.6 Å². The van der Waals surface area contributed by atoms with E-state index >= 15 is 0 Å². The zero-order chi connectivity index (χ0) is 21.9. The molecule has 2 atom stereocenters. The predicted octanol–water partition coefficient (Wildman–Crippen LogP) is 5.22. The van der Waals surface area contributed by atoms with Crippen molar-refractivity contribution in [2.75, 3.05) is 5.01 Å². The highest BCUT2D eigenvalue weighted by Crippen LogP contribution is 2.36. The van der Waals surface area contributed by atoms with E-state index in [1.165, 1.54) is 19.1 Å². The molecule has 8 heteroatoms. The fourth-order valence-corrected chi connectivity index (χ4v) is 3.69. The molecule has 1 heterocycles. The van der Waals surface area contributed by atoms with Gasteiger partial charge in [-0.25, -0.2) is 4.39 Å². The lowest BCUT2D eigenvalue weighted by atomic mass is 9.94. The molecular weight excluding hydrogens is 400 g/mol. The van der Waals surface area contributed by atoms with Crippen molar-refractivity contribution in [2.45, 2.75) is 44.8 Å². The van der Waals surface area contributed by atoms with E-state index in [0.717, 1.165) is 29.0 Å². The van der Waals surface area contributed by atoms with Crippen LogP contribution in [0.1, 0.15) is 30.9 Å². The summed E-state index contributed by atoms with van der Waals surface area (Å²) >= 11 is 0. The van der Waals surface area contributed by atoms with Crippen molar-refractivity contribution in [3.63, 3.8) is 0 Å². The number of benzene rings is 2. The smallest absolute Gasteiger partial charge is 0.431 e. The van der Waals surface area contributed by atoms with E-state index in [2.05, 4.69) is 5.10 Å². The van der Waals surface area contributed by atoms with Gasteiger partial charge in [0.05, 0.1) is 18.2 Å². The van der Waals surface area contributed by atoms with Gasteiger partial charge in [-0.1, -0.05) is 31.2 Å². The first kappa shape index (κ1) is 21.8. The van der Waals surface area contributed by atoms with E-state index in [9.17, 15) is 22.4 Å². The summed E-state index contributed by atoms with van der Waals surface area (Å²) in [6, 6.07) is 12.4. The van der Waals surface area contributed by atoms with Crippen molar-refractivity contribution in [3.05, 3.63) is 65.5 Å². The third-order valence-electron chi connectivity index (χ3n) is 5.23. The van der Waals surface area contributed by atoms with Crippen molar-refractivity contribution < 1.29 is 27.5 Å². The first-order valence-corrected chi connectivity index (χ1v) is 9.65. The molecular formula is C22H22F4N2O2. The summed E-state index contributed by atoms with van der Waals surface area (Å²) in [5.74, 6) is -2.50. The van der Waals surface area contributed by atoms with Gasteiger partial charge in [0.2, 0.25) is 0 Å². The van der Waals surface area contributed by atoms with E-state index in [4.69, 9.17) is 5.11 Å². The van der Waals surface area contributed by atoms with Gasteiger partial charge in [0.15, 0.2) is 0 Å². The molecule has 2 aromatic rings. The van der Waals surface area contributed by atoms with Crippen molar-refractivity contribution in [2.24, 2.45) is 11.0 Å². The number of carboxylic acids is 1. The minimum Gasteiger partial charge on any atom is -0.481 e. The minimum absolute atomic E-state index is 0.272. The monoisotopic (exact) mass is 422 g/mol. The molecule has 1 aliphatic heterocycles. The average Bonchev–Trinajstić information content (AvgIpc) is 2.99. The lowest BCUT2D eigenvalue weighted by Crippen LogP contribution is -2.36. The first-order valence-electron chi connectivity index (χ1n) is 9.65. The lowest BCUT2D eigenvalue weighted by Gasteiger charge is -2.25. The SMILES string of the molecule is CC1C(C(F)(F)F)=NN(c2ccc(CCCc3cccc(F)c3)cc2)C1CC(=O)O. The standard InChI is InChI=1S/C22H22F4N2O2/c1-14-19(13-20(29)30)28(27-21(14)22(24,25)26)18-10-8-15(9-11-18)4-2-5-16-6-3-7-17(23)12-16/h3,6-12,14,19H,2,4-5,13H2,1H3,(H,29,30). The summed E-state index contributed by atoms with van der Waals surface area (Å²) in [5, 5.41) is 14.0. The Hall–Kier alpha value is -2.90. The number of carbonyl (C=O) groups is 1. The van der Waals surface area contributed by atoms with Crippen LogP contribution in [0.4, 0.5) is 23.2 Å². The number of aryl methyl sites for hydroxylation is 2. The second-order valence-electron chi connectivity index (χ2n) is 7.43. The molecule has 4 nitrogen and oxygen atoms in total. The summed E-state index contributed by atoms with van der Waals surface area (Å²) in [6.07, 6.45) is -2.82. The van der Waals surface area contributed by atoms with E-state index < -0.39 is 36.2 Å². The normalized spacial score (nSPS) is 19.1. The van der Waals surface area contributed by atoms with Crippen LogP contribution in [0.25, 0.3) is 0 Å². The molecule has 0 amide bonds. The number of alkyl halides is 3. The Morgan fingerprint density at radius 2 is 1.77 bits per heavy atom.